The maximum absolute atomic E-state index is 3.77. The van der Waals surface area contributed by atoms with Crippen molar-refractivity contribution in [1.29, 1.82) is 0 Å². The van der Waals surface area contributed by atoms with E-state index in [1.165, 1.54) is 37.4 Å². The Bertz CT molecular complexity index is 204. The lowest BCUT2D eigenvalue weighted by atomic mass is 9.63. The van der Waals surface area contributed by atoms with Gasteiger partial charge in [0.25, 0.3) is 0 Å². The third-order valence-corrected chi connectivity index (χ3v) is 5.59. The lowest BCUT2D eigenvalue weighted by Crippen LogP contribution is -2.34. The van der Waals surface area contributed by atoms with Gasteiger partial charge in [-0.3, -0.25) is 0 Å². The van der Waals surface area contributed by atoms with Crippen LogP contribution in [0.5, 0.6) is 0 Å². The number of rotatable bonds is 3. The van der Waals surface area contributed by atoms with Gasteiger partial charge in [0, 0.05) is 5.33 Å². The molecule has 1 aliphatic carbocycles. The highest BCUT2D eigenvalue weighted by Crippen LogP contribution is 2.48. The first-order valence-corrected chi connectivity index (χ1v) is 7.97. The van der Waals surface area contributed by atoms with E-state index < -0.39 is 0 Å². The second-order valence-corrected chi connectivity index (χ2v) is 7.93. The molecular formula is C15H29Br. The summed E-state index contributed by atoms with van der Waals surface area (Å²) in [4.78, 5) is 0. The van der Waals surface area contributed by atoms with Gasteiger partial charge in [-0.15, -0.1) is 0 Å². The molecule has 0 saturated heterocycles. The molecule has 0 unspecified atom stereocenters. The van der Waals surface area contributed by atoms with Gasteiger partial charge in [-0.2, -0.15) is 0 Å². The SMILES string of the molecule is CC(C)CC1(CBr)CCC(C(C)(C)C)CC1. The highest BCUT2D eigenvalue weighted by molar-refractivity contribution is 9.09. The molecule has 0 aliphatic heterocycles. The predicted octanol–water partition coefficient (Wildman–Crippen LogP) is 5.65. The molecule has 0 aromatic heterocycles. The van der Waals surface area contributed by atoms with Gasteiger partial charge in [0.05, 0.1) is 0 Å². The molecule has 1 fully saturated rings. The fourth-order valence-electron chi connectivity index (χ4n) is 3.35. The van der Waals surface area contributed by atoms with E-state index in [1.54, 1.807) is 0 Å². The lowest BCUT2D eigenvalue weighted by molar-refractivity contribution is 0.0884. The lowest BCUT2D eigenvalue weighted by Gasteiger charge is -2.44. The summed E-state index contributed by atoms with van der Waals surface area (Å²) in [6.07, 6.45) is 7.12. The summed E-state index contributed by atoms with van der Waals surface area (Å²) >= 11 is 3.77. The van der Waals surface area contributed by atoms with E-state index in [-0.39, 0.29) is 0 Å². The van der Waals surface area contributed by atoms with Crippen LogP contribution in [-0.2, 0) is 0 Å². The van der Waals surface area contributed by atoms with Crippen LogP contribution in [0, 0.1) is 22.7 Å². The maximum atomic E-state index is 3.77. The minimum atomic E-state index is 0.510. The van der Waals surface area contributed by atoms with Gasteiger partial charge < -0.3 is 0 Å². The predicted molar refractivity (Wildman–Crippen MR) is 77.1 cm³/mol. The largest absolute Gasteiger partial charge is 0.0922 e. The van der Waals surface area contributed by atoms with Crippen molar-refractivity contribution in [3.8, 4) is 0 Å². The van der Waals surface area contributed by atoms with E-state index in [0.717, 1.165) is 11.8 Å². The molecule has 0 nitrogen and oxygen atoms in total. The van der Waals surface area contributed by atoms with Crippen LogP contribution in [0.3, 0.4) is 0 Å². The average Bonchev–Trinajstić information content (AvgIpc) is 2.16. The summed E-state index contributed by atoms with van der Waals surface area (Å²) in [5.74, 6) is 1.77. The third-order valence-electron chi connectivity index (χ3n) is 4.40. The highest BCUT2D eigenvalue weighted by atomic mass is 79.9. The normalized spacial score (nSPS) is 32.1. The fraction of sp³-hybridized carbons (Fsp3) is 1.00. The van der Waals surface area contributed by atoms with Crippen molar-refractivity contribution in [3.05, 3.63) is 0 Å². The molecule has 0 amide bonds. The first-order chi connectivity index (χ1) is 7.29. The van der Waals surface area contributed by atoms with Crippen molar-refractivity contribution < 1.29 is 0 Å². The van der Waals surface area contributed by atoms with E-state index >= 15 is 0 Å². The highest BCUT2D eigenvalue weighted by Gasteiger charge is 2.38. The zero-order valence-corrected chi connectivity index (χ0v) is 13.4. The molecule has 16 heavy (non-hydrogen) atoms. The number of alkyl halides is 1. The van der Waals surface area contributed by atoms with Crippen LogP contribution in [0.15, 0.2) is 0 Å². The standard InChI is InChI=1S/C15H29Br/c1-12(2)10-15(11-16)8-6-13(7-9-15)14(3,4)5/h12-13H,6-11H2,1-5H3. The van der Waals surface area contributed by atoms with Gasteiger partial charge in [0.2, 0.25) is 0 Å². The molecule has 0 heterocycles. The molecule has 1 aliphatic rings. The first-order valence-electron chi connectivity index (χ1n) is 6.85. The minimum Gasteiger partial charge on any atom is -0.0922 e. The van der Waals surface area contributed by atoms with E-state index in [2.05, 4.69) is 50.5 Å². The van der Waals surface area contributed by atoms with Crippen molar-refractivity contribution >= 4 is 15.9 Å². The topological polar surface area (TPSA) is 0 Å². The molecule has 0 aromatic carbocycles. The van der Waals surface area contributed by atoms with Gasteiger partial charge >= 0.3 is 0 Å². The van der Waals surface area contributed by atoms with Crippen molar-refractivity contribution in [1.82, 2.24) is 0 Å². The smallest absolute Gasteiger partial charge is 0.00880 e. The van der Waals surface area contributed by atoms with Gasteiger partial charge in [0.15, 0.2) is 0 Å². The van der Waals surface area contributed by atoms with Crippen molar-refractivity contribution in [3.63, 3.8) is 0 Å². The molecule has 0 N–H and O–H groups in total. The second kappa shape index (κ2) is 5.42. The van der Waals surface area contributed by atoms with Crippen LogP contribution in [0.1, 0.15) is 66.7 Å². The molecule has 0 radical (unpaired) electrons. The minimum absolute atomic E-state index is 0.510. The summed E-state index contributed by atoms with van der Waals surface area (Å²) in [6.45, 7) is 11.9. The fourth-order valence-corrected chi connectivity index (χ4v) is 4.14. The number of hydrogen-bond acceptors (Lipinski definition) is 0. The van der Waals surface area contributed by atoms with Crippen LogP contribution < -0.4 is 0 Å². The van der Waals surface area contributed by atoms with Gasteiger partial charge in [-0.1, -0.05) is 50.5 Å². The Kier molecular flexibility index (Phi) is 4.92. The molecule has 96 valence electrons. The Morgan fingerprint density at radius 2 is 1.69 bits per heavy atom. The van der Waals surface area contributed by atoms with E-state index in [9.17, 15) is 0 Å². The quantitative estimate of drug-likeness (QED) is 0.589. The van der Waals surface area contributed by atoms with Crippen LogP contribution in [0.4, 0.5) is 0 Å². The number of hydrogen-bond donors (Lipinski definition) is 0. The van der Waals surface area contributed by atoms with Crippen molar-refractivity contribution in [2.24, 2.45) is 22.7 Å². The Hall–Kier alpha value is 0.480. The molecule has 1 saturated carbocycles. The van der Waals surface area contributed by atoms with Crippen LogP contribution in [0.25, 0.3) is 0 Å². The molecular weight excluding hydrogens is 260 g/mol. The second-order valence-electron chi connectivity index (χ2n) is 7.37. The maximum Gasteiger partial charge on any atom is 0.00880 e. The zero-order valence-electron chi connectivity index (χ0n) is 11.8. The summed E-state index contributed by atoms with van der Waals surface area (Å²) in [6, 6.07) is 0. The van der Waals surface area contributed by atoms with Crippen molar-refractivity contribution in [2.75, 3.05) is 5.33 Å². The van der Waals surface area contributed by atoms with Crippen molar-refractivity contribution in [2.45, 2.75) is 66.7 Å². The Morgan fingerprint density at radius 3 is 2.00 bits per heavy atom. The summed E-state index contributed by atoms with van der Waals surface area (Å²) in [7, 11) is 0. The van der Waals surface area contributed by atoms with E-state index in [1.807, 2.05) is 0 Å². The zero-order chi connectivity index (χ0) is 12.4. The Labute approximate surface area is 111 Å². The Morgan fingerprint density at radius 1 is 1.19 bits per heavy atom. The molecule has 1 heteroatoms. The van der Waals surface area contributed by atoms with Gasteiger partial charge in [-0.25, -0.2) is 0 Å². The Balaban J connectivity index is 2.57. The molecule has 0 spiro atoms. The molecule has 1 rings (SSSR count). The van der Waals surface area contributed by atoms with Gasteiger partial charge in [-0.05, 0) is 54.8 Å². The summed E-state index contributed by atoms with van der Waals surface area (Å²) < 4.78 is 0. The molecule has 0 aromatic rings. The van der Waals surface area contributed by atoms with Crippen LogP contribution in [-0.4, -0.2) is 5.33 Å². The summed E-state index contributed by atoms with van der Waals surface area (Å²) in [5.41, 5.74) is 1.12. The van der Waals surface area contributed by atoms with E-state index in [0.29, 0.717) is 10.8 Å². The molecule has 0 bridgehead atoms. The molecule has 0 atom stereocenters. The number of halogens is 1. The average molecular weight is 289 g/mol. The summed E-state index contributed by atoms with van der Waals surface area (Å²) in [5, 5.41) is 1.20. The first kappa shape index (κ1) is 14.5. The van der Waals surface area contributed by atoms with E-state index in [4.69, 9.17) is 0 Å². The van der Waals surface area contributed by atoms with Gasteiger partial charge in [0.1, 0.15) is 0 Å². The van der Waals surface area contributed by atoms with Crippen LogP contribution in [0.2, 0.25) is 0 Å². The monoisotopic (exact) mass is 288 g/mol. The third kappa shape index (κ3) is 3.75. The van der Waals surface area contributed by atoms with Crippen LogP contribution >= 0.6 is 15.9 Å².